The van der Waals surface area contributed by atoms with E-state index in [1.807, 2.05) is 18.7 Å². The van der Waals surface area contributed by atoms with Crippen molar-refractivity contribution in [3.8, 4) is 0 Å². The van der Waals surface area contributed by atoms with Crippen molar-refractivity contribution in [3.05, 3.63) is 0 Å². The second kappa shape index (κ2) is 8.59. The highest BCUT2D eigenvalue weighted by Gasteiger charge is 2.30. The second-order valence-electron chi connectivity index (χ2n) is 6.53. The van der Waals surface area contributed by atoms with Crippen LogP contribution in [-0.4, -0.2) is 42.4 Å². The van der Waals surface area contributed by atoms with Crippen LogP contribution in [0.4, 0.5) is 0 Å². The van der Waals surface area contributed by atoms with Crippen LogP contribution in [0.25, 0.3) is 0 Å². The molecule has 1 saturated heterocycles. The number of nitrogens with one attached hydrogen (secondary N) is 1. The lowest BCUT2D eigenvalue weighted by Crippen LogP contribution is -2.49. The maximum atomic E-state index is 12.1. The first-order valence-electron chi connectivity index (χ1n) is 7.60. The Morgan fingerprint density at radius 2 is 1.81 bits per heavy atom. The molecule has 0 bridgehead atoms. The maximum Gasteiger partial charge on any atom is 0.241 e. The van der Waals surface area contributed by atoms with Gasteiger partial charge in [0, 0.05) is 13.1 Å². The van der Waals surface area contributed by atoms with E-state index in [4.69, 9.17) is 5.73 Å². The molecular formula is C15H30ClN3O2. The summed E-state index contributed by atoms with van der Waals surface area (Å²) in [5.74, 6) is -0.179. The molecule has 0 aromatic rings. The van der Waals surface area contributed by atoms with E-state index in [1.54, 1.807) is 0 Å². The smallest absolute Gasteiger partial charge is 0.241 e. The summed E-state index contributed by atoms with van der Waals surface area (Å²) in [5.41, 5.74) is 6.10. The summed E-state index contributed by atoms with van der Waals surface area (Å²) in [7, 11) is 0. The van der Waals surface area contributed by atoms with Crippen LogP contribution in [0, 0.1) is 11.3 Å². The number of amides is 2. The minimum atomic E-state index is -0.549. The monoisotopic (exact) mass is 319 g/mol. The van der Waals surface area contributed by atoms with E-state index < -0.39 is 6.04 Å². The number of nitrogens with zero attached hydrogens (tertiary/aromatic N) is 1. The van der Waals surface area contributed by atoms with Crippen LogP contribution >= 0.6 is 12.4 Å². The van der Waals surface area contributed by atoms with Crippen LogP contribution in [0.5, 0.6) is 0 Å². The zero-order valence-electron chi connectivity index (χ0n) is 13.6. The van der Waals surface area contributed by atoms with Gasteiger partial charge in [0.25, 0.3) is 0 Å². The van der Waals surface area contributed by atoms with E-state index in [-0.39, 0.29) is 36.7 Å². The van der Waals surface area contributed by atoms with Crippen molar-refractivity contribution < 1.29 is 9.59 Å². The first-order valence-corrected chi connectivity index (χ1v) is 7.60. The zero-order chi connectivity index (χ0) is 15.3. The van der Waals surface area contributed by atoms with E-state index in [0.29, 0.717) is 5.41 Å². The number of hydrogen-bond acceptors (Lipinski definition) is 3. The lowest BCUT2D eigenvalue weighted by Gasteiger charge is -2.39. The third-order valence-corrected chi connectivity index (χ3v) is 4.61. The summed E-state index contributed by atoms with van der Waals surface area (Å²) >= 11 is 0. The van der Waals surface area contributed by atoms with Gasteiger partial charge in [0.2, 0.25) is 11.8 Å². The van der Waals surface area contributed by atoms with Crippen molar-refractivity contribution in [1.29, 1.82) is 0 Å². The molecule has 0 aliphatic carbocycles. The number of likely N-dealkylation sites (tertiary alicyclic amines) is 1. The van der Waals surface area contributed by atoms with Crippen LogP contribution < -0.4 is 11.1 Å². The number of hydrogen-bond donors (Lipinski definition) is 2. The van der Waals surface area contributed by atoms with Gasteiger partial charge in [-0.3, -0.25) is 9.59 Å². The average molecular weight is 320 g/mol. The number of nitrogens with two attached hydrogens (primary N) is 1. The highest BCUT2D eigenvalue weighted by Crippen LogP contribution is 2.33. The van der Waals surface area contributed by atoms with Gasteiger partial charge < -0.3 is 16.0 Å². The Hall–Kier alpha value is -0.810. The quantitative estimate of drug-likeness (QED) is 0.807. The molecule has 1 rings (SSSR count). The highest BCUT2D eigenvalue weighted by molar-refractivity contribution is 5.87. The Bertz CT molecular complexity index is 353. The molecule has 1 aliphatic heterocycles. The van der Waals surface area contributed by atoms with Crippen molar-refractivity contribution in [1.82, 2.24) is 10.2 Å². The molecule has 0 unspecified atom stereocenters. The molecule has 124 valence electrons. The minimum Gasteiger partial charge on any atom is -0.346 e. The van der Waals surface area contributed by atoms with Gasteiger partial charge in [0.1, 0.15) is 0 Å². The summed E-state index contributed by atoms with van der Waals surface area (Å²) in [4.78, 5) is 25.6. The predicted octanol–water partition coefficient (Wildman–Crippen LogP) is 1.55. The molecule has 0 aromatic carbocycles. The Morgan fingerprint density at radius 3 is 2.24 bits per heavy atom. The Balaban J connectivity index is 0.00000400. The summed E-state index contributed by atoms with van der Waals surface area (Å²) in [6.07, 6.45) is 3.22. The largest absolute Gasteiger partial charge is 0.346 e. The van der Waals surface area contributed by atoms with Crippen LogP contribution in [-0.2, 0) is 9.59 Å². The topological polar surface area (TPSA) is 75.4 Å². The predicted molar refractivity (Wildman–Crippen MR) is 87.3 cm³/mol. The molecule has 0 radical (unpaired) electrons. The van der Waals surface area contributed by atoms with Gasteiger partial charge in [-0.15, -0.1) is 12.4 Å². The molecule has 0 saturated carbocycles. The molecule has 0 aromatic heterocycles. The van der Waals surface area contributed by atoms with Crippen LogP contribution in [0.3, 0.4) is 0 Å². The van der Waals surface area contributed by atoms with Gasteiger partial charge in [0.05, 0.1) is 12.6 Å². The number of rotatable bonds is 5. The minimum absolute atomic E-state index is 0. The Kier molecular flexibility index (Phi) is 8.26. The van der Waals surface area contributed by atoms with Gasteiger partial charge >= 0.3 is 0 Å². The first-order chi connectivity index (χ1) is 9.29. The molecule has 3 N–H and O–H groups in total. The van der Waals surface area contributed by atoms with Gasteiger partial charge in [-0.1, -0.05) is 34.1 Å². The Morgan fingerprint density at radius 1 is 1.29 bits per heavy atom. The van der Waals surface area contributed by atoms with E-state index in [0.717, 1.165) is 32.4 Å². The number of carbonyl (C=O) groups excluding carboxylic acids is 2. The summed E-state index contributed by atoms with van der Waals surface area (Å²) in [6, 6.07) is -0.549. The third kappa shape index (κ3) is 5.83. The van der Waals surface area contributed by atoms with Crippen molar-refractivity contribution >= 4 is 24.2 Å². The summed E-state index contributed by atoms with van der Waals surface area (Å²) < 4.78 is 0. The molecule has 1 heterocycles. The van der Waals surface area contributed by atoms with E-state index in [2.05, 4.69) is 19.2 Å². The molecule has 1 atom stereocenters. The van der Waals surface area contributed by atoms with Crippen LogP contribution in [0.15, 0.2) is 0 Å². The van der Waals surface area contributed by atoms with Gasteiger partial charge in [-0.2, -0.15) is 0 Å². The lowest BCUT2D eigenvalue weighted by atomic mass is 9.78. The van der Waals surface area contributed by atoms with E-state index >= 15 is 0 Å². The molecule has 5 nitrogen and oxygen atoms in total. The second-order valence-corrected chi connectivity index (χ2v) is 6.53. The normalized spacial score (nSPS) is 18.9. The van der Waals surface area contributed by atoms with Crippen LogP contribution in [0.2, 0.25) is 0 Å². The van der Waals surface area contributed by atoms with Crippen molar-refractivity contribution in [2.24, 2.45) is 17.1 Å². The van der Waals surface area contributed by atoms with Crippen molar-refractivity contribution in [2.45, 2.75) is 53.0 Å². The molecule has 1 fully saturated rings. The fourth-order valence-corrected chi connectivity index (χ4v) is 2.34. The summed E-state index contributed by atoms with van der Waals surface area (Å²) in [5, 5.41) is 2.64. The SMILES string of the molecule is CCC1(C)CCN(C(=O)CNC(=O)[C@@H](N)C(C)C)CC1.Cl. The van der Waals surface area contributed by atoms with Crippen molar-refractivity contribution in [2.75, 3.05) is 19.6 Å². The zero-order valence-corrected chi connectivity index (χ0v) is 14.5. The lowest BCUT2D eigenvalue weighted by molar-refractivity contribution is -0.135. The first kappa shape index (κ1) is 20.2. The molecule has 1 aliphatic rings. The molecular weight excluding hydrogens is 290 g/mol. The van der Waals surface area contributed by atoms with Crippen LogP contribution in [0.1, 0.15) is 47.0 Å². The fourth-order valence-electron chi connectivity index (χ4n) is 2.34. The molecule has 0 spiro atoms. The van der Waals surface area contributed by atoms with Gasteiger partial charge in [-0.25, -0.2) is 0 Å². The van der Waals surface area contributed by atoms with E-state index in [1.165, 1.54) is 0 Å². The number of piperidine rings is 1. The van der Waals surface area contributed by atoms with Crippen molar-refractivity contribution in [3.63, 3.8) is 0 Å². The molecule has 6 heteroatoms. The number of halogens is 1. The van der Waals surface area contributed by atoms with Gasteiger partial charge in [0.15, 0.2) is 0 Å². The fraction of sp³-hybridized carbons (Fsp3) is 0.867. The summed E-state index contributed by atoms with van der Waals surface area (Å²) in [6.45, 7) is 9.89. The van der Waals surface area contributed by atoms with E-state index in [9.17, 15) is 9.59 Å². The third-order valence-electron chi connectivity index (χ3n) is 4.61. The molecule has 21 heavy (non-hydrogen) atoms. The average Bonchev–Trinajstić information content (AvgIpc) is 2.44. The maximum absolute atomic E-state index is 12.1. The van der Waals surface area contributed by atoms with Gasteiger partial charge in [-0.05, 0) is 24.2 Å². The number of carbonyl (C=O) groups is 2. The standard InChI is InChI=1S/C15H29N3O2.ClH/c1-5-15(4)6-8-18(9-7-15)12(19)10-17-14(20)13(16)11(2)3;/h11,13H,5-10,16H2,1-4H3,(H,17,20);1H/t13-;/m0./s1. The highest BCUT2D eigenvalue weighted by atomic mass is 35.5. The molecule has 2 amide bonds. The Labute approximate surface area is 134 Å².